The molecule has 134 valence electrons. The molecular weight excluding hydrogens is 350 g/mol. The van der Waals surface area contributed by atoms with Gasteiger partial charge in [-0.15, -0.1) is 0 Å². The highest BCUT2D eigenvalue weighted by atomic mass is 19.4. The molecule has 1 aromatic heterocycles. The molecule has 0 spiro atoms. The van der Waals surface area contributed by atoms with Crippen molar-refractivity contribution in [1.29, 1.82) is 0 Å². The monoisotopic (exact) mass is 362 g/mol. The van der Waals surface area contributed by atoms with E-state index < -0.39 is 29.4 Å². The quantitative estimate of drug-likeness (QED) is 0.736. The van der Waals surface area contributed by atoms with Crippen LogP contribution < -0.4 is 4.90 Å². The van der Waals surface area contributed by atoms with Gasteiger partial charge in [-0.05, 0) is 43.3 Å². The number of benzene rings is 1. The summed E-state index contributed by atoms with van der Waals surface area (Å²) in [6.07, 6.45) is -8.55. The zero-order valence-corrected chi connectivity index (χ0v) is 12.8. The summed E-state index contributed by atoms with van der Waals surface area (Å²) in [6.45, 7) is 1.69. The van der Waals surface area contributed by atoms with Crippen molar-refractivity contribution in [1.82, 2.24) is 4.98 Å². The van der Waals surface area contributed by atoms with Gasteiger partial charge in [-0.1, -0.05) is 0 Å². The van der Waals surface area contributed by atoms with E-state index in [1.54, 1.807) is 6.92 Å². The Bertz CT molecular complexity index is 735. The molecule has 0 saturated carbocycles. The third-order valence-electron chi connectivity index (χ3n) is 3.38. The summed E-state index contributed by atoms with van der Waals surface area (Å²) >= 11 is 0. The van der Waals surface area contributed by atoms with E-state index >= 15 is 0 Å². The molecule has 2 aromatic rings. The highest BCUT2D eigenvalue weighted by molar-refractivity contribution is 6.04. The number of nitrogens with zero attached hydrogens (tertiary/aromatic N) is 2. The average molecular weight is 362 g/mol. The maximum absolute atomic E-state index is 12.6. The molecule has 0 aliphatic carbocycles. The number of pyridine rings is 1. The van der Waals surface area contributed by atoms with Crippen molar-refractivity contribution in [2.45, 2.75) is 19.3 Å². The van der Waals surface area contributed by atoms with E-state index in [0.717, 1.165) is 41.3 Å². The van der Waals surface area contributed by atoms with Crippen molar-refractivity contribution in [3.63, 3.8) is 0 Å². The molecule has 0 aliphatic rings. The molecule has 0 fully saturated rings. The molecule has 0 bridgehead atoms. The highest BCUT2D eigenvalue weighted by Gasteiger charge is 2.32. The van der Waals surface area contributed by atoms with E-state index in [1.165, 1.54) is 0 Å². The first-order chi connectivity index (χ1) is 11.5. The van der Waals surface area contributed by atoms with Gasteiger partial charge in [0.2, 0.25) is 0 Å². The summed E-state index contributed by atoms with van der Waals surface area (Å²) in [7, 11) is 0. The minimum absolute atomic E-state index is 0.104. The second kappa shape index (κ2) is 6.73. The van der Waals surface area contributed by atoms with Crippen LogP contribution in [-0.4, -0.2) is 17.4 Å². The predicted octanol–water partition coefficient (Wildman–Crippen LogP) is 4.79. The lowest BCUT2D eigenvalue weighted by atomic mass is 10.1. The smallest absolute Gasteiger partial charge is 0.307 e. The number of hydrogen-bond acceptors (Lipinski definition) is 2. The van der Waals surface area contributed by atoms with Crippen molar-refractivity contribution >= 4 is 11.6 Å². The van der Waals surface area contributed by atoms with E-state index in [1.807, 2.05) is 0 Å². The number of carbonyl (C=O) groups excluding carboxylic acids is 1. The van der Waals surface area contributed by atoms with Crippen LogP contribution in [0.1, 0.15) is 28.5 Å². The lowest BCUT2D eigenvalue weighted by molar-refractivity contribution is -0.138. The summed E-state index contributed by atoms with van der Waals surface area (Å²) in [6, 6.07) is 5.54. The maximum atomic E-state index is 12.6. The zero-order valence-electron chi connectivity index (χ0n) is 12.8. The first-order valence-corrected chi connectivity index (χ1v) is 7.06. The van der Waals surface area contributed by atoms with Crippen molar-refractivity contribution in [2.24, 2.45) is 0 Å². The fraction of sp³-hybridized carbons (Fsp3) is 0.250. The van der Waals surface area contributed by atoms with Crippen LogP contribution in [0.15, 0.2) is 42.6 Å². The Balaban J connectivity index is 2.26. The molecule has 0 N–H and O–H groups in total. The van der Waals surface area contributed by atoms with Gasteiger partial charge in [-0.3, -0.25) is 9.78 Å². The van der Waals surface area contributed by atoms with Crippen molar-refractivity contribution in [3.05, 3.63) is 59.4 Å². The molecule has 0 radical (unpaired) electrons. The van der Waals surface area contributed by atoms with Crippen LogP contribution in [0.4, 0.5) is 32.0 Å². The number of anilines is 1. The van der Waals surface area contributed by atoms with Crippen LogP contribution >= 0.6 is 0 Å². The molecule has 0 aliphatic heterocycles. The van der Waals surface area contributed by atoms with Gasteiger partial charge in [0.25, 0.3) is 5.91 Å². The molecule has 2 rings (SSSR count). The van der Waals surface area contributed by atoms with Crippen molar-refractivity contribution < 1.29 is 31.1 Å². The fourth-order valence-corrected chi connectivity index (χ4v) is 2.10. The summed E-state index contributed by atoms with van der Waals surface area (Å²) in [4.78, 5) is 17.0. The SMILES string of the molecule is CCN(C(=O)c1ccc(C(F)(F)F)cn1)c1ccc(C(F)(F)F)cc1. The van der Waals surface area contributed by atoms with Crippen LogP contribution in [0.2, 0.25) is 0 Å². The molecule has 25 heavy (non-hydrogen) atoms. The van der Waals surface area contributed by atoms with Crippen molar-refractivity contribution in [3.8, 4) is 0 Å². The van der Waals surface area contributed by atoms with Crippen LogP contribution in [0.3, 0.4) is 0 Å². The van der Waals surface area contributed by atoms with Crippen LogP contribution in [-0.2, 0) is 12.4 Å². The number of rotatable bonds is 3. The minimum Gasteiger partial charge on any atom is -0.307 e. The molecule has 0 unspecified atom stereocenters. The van der Waals surface area contributed by atoms with E-state index in [0.29, 0.717) is 6.20 Å². The van der Waals surface area contributed by atoms with Gasteiger partial charge >= 0.3 is 12.4 Å². The third kappa shape index (κ3) is 4.28. The lowest BCUT2D eigenvalue weighted by Gasteiger charge is -2.21. The largest absolute Gasteiger partial charge is 0.417 e. The number of amides is 1. The second-order valence-electron chi connectivity index (χ2n) is 5.02. The molecule has 1 heterocycles. The Kier molecular flexibility index (Phi) is 5.05. The second-order valence-corrected chi connectivity index (χ2v) is 5.02. The molecule has 0 atom stereocenters. The first kappa shape index (κ1) is 18.8. The van der Waals surface area contributed by atoms with Crippen molar-refractivity contribution in [2.75, 3.05) is 11.4 Å². The summed E-state index contributed by atoms with van der Waals surface area (Å²) in [5.41, 5.74) is -1.93. The Labute approximate surface area is 138 Å². The van der Waals surface area contributed by atoms with E-state index in [-0.39, 0.29) is 17.9 Å². The van der Waals surface area contributed by atoms with Crippen LogP contribution in [0.5, 0.6) is 0 Å². The Hall–Kier alpha value is -2.58. The number of halogens is 6. The zero-order chi connectivity index (χ0) is 18.8. The predicted molar refractivity (Wildman–Crippen MR) is 78.0 cm³/mol. The number of aromatic nitrogens is 1. The van der Waals surface area contributed by atoms with Gasteiger partial charge in [-0.2, -0.15) is 26.3 Å². The Morgan fingerprint density at radius 2 is 1.44 bits per heavy atom. The summed E-state index contributed by atoms with van der Waals surface area (Å²) in [5.74, 6) is -0.712. The summed E-state index contributed by atoms with van der Waals surface area (Å²) < 4.78 is 75.3. The van der Waals surface area contributed by atoms with Gasteiger partial charge in [0.05, 0.1) is 11.1 Å². The van der Waals surface area contributed by atoms with Crippen LogP contribution in [0.25, 0.3) is 0 Å². The number of hydrogen-bond donors (Lipinski definition) is 0. The minimum atomic E-state index is -4.58. The fourth-order valence-electron chi connectivity index (χ4n) is 2.10. The first-order valence-electron chi connectivity index (χ1n) is 7.06. The maximum Gasteiger partial charge on any atom is 0.417 e. The molecular formula is C16H12F6N2O. The third-order valence-corrected chi connectivity index (χ3v) is 3.38. The summed E-state index contributed by atoms with van der Waals surface area (Å²) in [5, 5.41) is 0. The number of carbonyl (C=O) groups is 1. The van der Waals surface area contributed by atoms with Gasteiger partial charge in [0.1, 0.15) is 5.69 Å². The molecule has 9 heteroatoms. The molecule has 1 aromatic carbocycles. The van der Waals surface area contributed by atoms with Gasteiger partial charge in [-0.25, -0.2) is 0 Å². The average Bonchev–Trinajstić information content (AvgIpc) is 2.54. The topological polar surface area (TPSA) is 33.2 Å². The normalized spacial score (nSPS) is 12.1. The Morgan fingerprint density at radius 3 is 1.84 bits per heavy atom. The van der Waals surface area contributed by atoms with E-state index in [4.69, 9.17) is 0 Å². The van der Waals surface area contributed by atoms with Gasteiger partial charge in [0.15, 0.2) is 0 Å². The van der Waals surface area contributed by atoms with Gasteiger partial charge < -0.3 is 4.90 Å². The van der Waals surface area contributed by atoms with E-state index in [2.05, 4.69) is 4.98 Å². The number of alkyl halides is 6. The molecule has 3 nitrogen and oxygen atoms in total. The van der Waals surface area contributed by atoms with Crippen LogP contribution in [0, 0.1) is 0 Å². The lowest BCUT2D eigenvalue weighted by Crippen LogP contribution is -2.31. The van der Waals surface area contributed by atoms with E-state index in [9.17, 15) is 31.1 Å². The Morgan fingerprint density at radius 1 is 0.920 bits per heavy atom. The molecule has 1 amide bonds. The van der Waals surface area contributed by atoms with Gasteiger partial charge in [0, 0.05) is 18.4 Å². The standard InChI is InChI=1S/C16H12F6N2O/c1-2-24(12-6-3-10(4-7-12)15(17,18)19)14(25)13-8-5-11(9-23-13)16(20,21)22/h3-9H,2H2,1H3. The highest BCUT2D eigenvalue weighted by Crippen LogP contribution is 2.31. The molecule has 0 saturated heterocycles.